The summed E-state index contributed by atoms with van der Waals surface area (Å²) >= 11 is 0. The molecule has 1 amide bonds. The number of methoxy groups -OCH3 is 1. The van der Waals surface area contributed by atoms with Crippen LogP contribution in [0.5, 0.6) is 0 Å². The van der Waals surface area contributed by atoms with Crippen molar-refractivity contribution in [3.63, 3.8) is 0 Å². The lowest BCUT2D eigenvalue weighted by Gasteiger charge is -2.20. The number of hydrogen-bond acceptors (Lipinski definition) is 4. The fraction of sp³-hybridized carbons (Fsp3) is 0.643. The minimum Gasteiger partial charge on any atom is -0.467 e. The lowest BCUT2D eigenvalue weighted by atomic mass is 9.96. The molecule has 0 saturated heterocycles. The maximum atomic E-state index is 12.3. The quantitative estimate of drug-likeness (QED) is 0.789. The minimum atomic E-state index is -0.666. The molecule has 6 nitrogen and oxygen atoms in total. The third-order valence-corrected chi connectivity index (χ3v) is 3.98. The smallest absolute Gasteiger partial charge is 0.328 e. The Morgan fingerprint density at radius 1 is 1.55 bits per heavy atom. The zero-order valence-corrected chi connectivity index (χ0v) is 11.9. The van der Waals surface area contributed by atoms with Crippen LogP contribution in [0.15, 0.2) is 12.5 Å². The number of imidazole rings is 1. The third-order valence-electron chi connectivity index (χ3n) is 3.98. The van der Waals surface area contributed by atoms with Gasteiger partial charge in [0.1, 0.15) is 6.04 Å². The molecule has 1 aliphatic carbocycles. The molecule has 1 saturated carbocycles. The van der Waals surface area contributed by atoms with Crippen molar-refractivity contribution < 1.29 is 14.3 Å². The molecule has 2 rings (SSSR count). The van der Waals surface area contributed by atoms with E-state index in [1.807, 2.05) is 0 Å². The highest BCUT2D eigenvalue weighted by atomic mass is 16.5. The third kappa shape index (κ3) is 3.37. The van der Waals surface area contributed by atoms with Crippen LogP contribution in [0.25, 0.3) is 0 Å². The number of aromatic nitrogens is 2. The molecule has 2 unspecified atom stereocenters. The lowest BCUT2D eigenvalue weighted by Crippen LogP contribution is -2.46. The number of carbonyl (C=O) groups excluding carboxylic acids is 2. The molecule has 1 fully saturated rings. The first-order chi connectivity index (χ1) is 9.61. The summed E-state index contributed by atoms with van der Waals surface area (Å²) in [6.07, 6.45) is 6.58. The van der Waals surface area contributed by atoms with Gasteiger partial charge in [-0.25, -0.2) is 9.78 Å². The van der Waals surface area contributed by atoms with E-state index in [9.17, 15) is 9.59 Å². The second kappa shape index (κ2) is 6.54. The number of nitrogens with zero attached hydrogens (tertiary/aromatic N) is 1. The Balaban J connectivity index is 2.00. The summed E-state index contributed by atoms with van der Waals surface area (Å²) in [5.41, 5.74) is 0.792. The molecule has 6 heteroatoms. The molecule has 0 bridgehead atoms. The highest BCUT2D eigenvalue weighted by molar-refractivity contribution is 5.86. The van der Waals surface area contributed by atoms with Gasteiger partial charge < -0.3 is 15.0 Å². The second-order valence-electron chi connectivity index (χ2n) is 5.38. The first-order valence-corrected chi connectivity index (χ1v) is 6.97. The molecule has 0 spiro atoms. The van der Waals surface area contributed by atoms with Gasteiger partial charge in [0.2, 0.25) is 5.91 Å². The highest BCUT2D eigenvalue weighted by Crippen LogP contribution is 2.31. The van der Waals surface area contributed by atoms with Gasteiger partial charge in [-0.1, -0.05) is 13.3 Å². The second-order valence-corrected chi connectivity index (χ2v) is 5.38. The van der Waals surface area contributed by atoms with E-state index in [-0.39, 0.29) is 11.8 Å². The van der Waals surface area contributed by atoms with E-state index in [0.717, 1.165) is 25.0 Å². The lowest BCUT2D eigenvalue weighted by molar-refractivity contribution is -0.145. The molecule has 20 heavy (non-hydrogen) atoms. The molecular formula is C14H21N3O3. The van der Waals surface area contributed by atoms with E-state index >= 15 is 0 Å². The summed E-state index contributed by atoms with van der Waals surface area (Å²) in [6.45, 7) is 2.08. The molecule has 3 atom stereocenters. The zero-order chi connectivity index (χ0) is 14.5. The maximum absolute atomic E-state index is 12.3. The minimum absolute atomic E-state index is 0.00363. The van der Waals surface area contributed by atoms with Crippen molar-refractivity contribution in [2.75, 3.05) is 7.11 Å². The van der Waals surface area contributed by atoms with Gasteiger partial charge in [0.15, 0.2) is 0 Å². The molecule has 0 radical (unpaired) electrons. The molecule has 0 aromatic carbocycles. The van der Waals surface area contributed by atoms with Crippen LogP contribution in [-0.2, 0) is 20.7 Å². The Morgan fingerprint density at radius 2 is 2.35 bits per heavy atom. The number of H-pyrrole nitrogens is 1. The number of nitrogens with one attached hydrogen (secondary N) is 2. The Hall–Kier alpha value is -1.85. The van der Waals surface area contributed by atoms with Crippen LogP contribution in [0.3, 0.4) is 0 Å². The van der Waals surface area contributed by atoms with Gasteiger partial charge in [-0.15, -0.1) is 0 Å². The van der Waals surface area contributed by atoms with Crippen LogP contribution in [-0.4, -0.2) is 35.0 Å². The number of hydrogen-bond donors (Lipinski definition) is 2. The predicted octanol–water partition coefficient (Wildman–Crippen LogP) is 1.05. The van der Waals surface area contributed by atoms with Crippen molar-refractivity contribution in [3.05, 3.63) is 18.2 Å². The molecule has 0 aliphatic heterocycles. The van der Waals surface area contributed by atoms with Crippen LogP contribution in [0.1, 0.15) is 31.9 Å². The number of aromatic amines is 1. The Labute approximate surface area is 118 Å². The van der Waals surface area contributed by atoms with Crippen molar-refractivity contribution in [3.8, 4) is 0 Å². The Bertz CT molecular complexity index is 458. The highest BCUT2D eigenvalue weighted by Gasteiger charge is 2.32. The monoisotopic (exact) mass is 279 g/mol. The maximum Gasteiger partial charge on any atom is 0.328 e. The summed E-state index contributed by atoms with van der Waals surface area (Å²) in [4.78, 5) is 30.9. The van der Waals surface area contributed by atoms with Gasteiger partial charge in [0.05, 0.1) is 13.4 Å². The van der Waals surface area contributed by atoms with Gasteiger partial charge in [-0.05, 0) is 18.8 Å². The molecule has 1 aliphatic rings. The summed E-state index contributed by atoms with van der Waals surface area (Å²) in [5, 5.41) is 2.82. The van der Waals surface area contributed by atoms with E-state index in [4.69, 9.17) is 4.74 Å². The van der Waals surface area contributed by atoms with Gasteiger partial charge in [-0.2, -0.15) is 0 Å². The van der Waals surface area contributed by atoms with Crippen molar-refractivity contribution in [1.29, 1.82) is 0 Å². The number of esters is 1. The van der Waals surface area contributed by atoms with Gasteiger partial charge in [0, 0.05) is 24.2 Å². The standard InChI is InChI=1S/C14H21N3O3/c1-9-4-3-5-11(9)13(18)17-12(14(19)20-2)6-10-7-15-8-16-10/h7-9,11-12H,3-6H2,1-2H3,(H,15,16)(H,17,18)/t9?,11?,12-/m0/s1. The summed E-state index contributed by atoms with van der Waals surface area (Å²) in [7, 11) is 1.33. The zero-order valence-electron chi connectivity index (χ0n) is 11.9. The van der Waals surface area contributed by atoms with E-state index in [0.29, 0.717) is 12.3 Å². The first kappa shape index (κ1) is 14.6. The SMILES string of the molecule is COC(=O)[C@H](Cc1cnc[nH]1)NC(=O)C1CCCC1C. The number of amides is 1. The number of carbonyl (C=O) groups is 2. The van der Waals surface area contributed by atoms with E-state index in [1.165, 1.54) is 7.11 Å². The molecule has 110 valence electrons. The van der Waals surface area contributed by atoms with E-state index in [2.05, 4.69) is 22.2 Å². The number of ether oxygens (including phenoxy) is 1. The number of rotatable bonds is 5. The molecule has 1 aromatic rings. The predicted molar refractivity (Wildman–Crippen MR) is 72.7 cm³/mol. The van der Waals surface area contributed by atoms with Gasteiger partial charge >= 0.3 is 5.97 Å². The first-order valence-electron chi connectivity index (χ1n) is 6.97. The normalized spacial score (nSPS) is 23.3. The van der Waals surface area contributed by atoms with E-state index < -0.39 is 12.0 Å². The Morgan fingerprint density at radius 3 is 2.90 bits per heavy atom. The average molecular weight is 279 g/mol. The van der Waals surface area contributed by atoms with Crippen LogP contribution < -0.4 is 5.32 Å². The largest absolute Gasteiger partial charge is 0.467 e. The van der Waals surface area contributed by atoms with Gasteiger partial charge in [-0.3, -0.25) is 4.79 Å². The summed E-state index contributed by atoms with van der Waals surface area (Å²) in [6, 6.07) is -0.666. The van der Waals surface area contributed by atoms with Crippen molar-refractivity contribution in [1.82, 2.24) is 15.3 Å². The van der Waals surface area contributed by atoms with Crippen LogP contribution in [0, 0.1) is 11.8 Å². The molecule has 1 heterocycles. The van der Waals surface area contributed by atoms with Crippen molar-refractivity contribution in [2.24, 2.45) is 11.8 Å². The van der Waals surface area contributed by atoms with Crippen LogP contribution in [0.4, 0.5) is 0 Å². The van der Waals surface area contributed by atoms with Crippen molar-refractivity contribution >= 4 is 11.9 Å². The molecule has 1 aromatic heterocycles. The average Bonchev–Trinajstić information content (AvgIpc) is 3.08. The van der Waals surface area contributed by atoms with Crippen LogP contribution >= 0.6 is 0 Å². The van der Waals surface area contributed by atoms with Gasteiger partial charge in [0.25, 0.3) is 0 Å². The summed E-state index contributed by atoms with van der Waals surface area (Å²) in [5.74, 6) is -0.104. The van der Waals surface area contributed by atoms with Crippen LogP contribution in [0.2, 0.25) is 0 Å². The molecule has 2 N–H and O–H groups in total. The molecular weight excluding hydrogens is 258 g/mol. The summed E-state index contributed by atoms with van der Waals surface area (Å²) < 4.78 is 4.76. The Kier molecular flexibility index (Phi) is 4.76. The van der Waals surface area contributed by atoms with E-state index in [1.54, 1.807) is 12.5 Å². The topological polar surface area (TPSA) is 84.1 Å². The fourth-order valence-electron chi connectivity index (χ4n) is 2.77. The fourth-order valence-corrected chi connectivity index (χ4v) is 2.77. The van der Waals surface area contributed by atoms with Crippen molar-refractivity contribution in [2.45, 2.75) is 38.6 Å².